The van der Waals surface area contributed by atoms with E-state index in [0.29, 0.717) is 0 Å². The number of hydrogen-bond donors (Lipinski definition) is 2. The number of rotatable bonds is 2. The van der Waals surface area contributed by atoms with Crippen LogP contribution in [-0.2, 0) is 11.2 Å². The van der Waals surface area contributed by atoms with Crippen molar-refractivity contribution in [1.29, 1.82) is 0 Å². The molecule has 0 aromatic carbocycles. The summed E-state index contributed by atoms with van der Waals surface area (Å²) in [6, 6.07) is 3.65. The molecule has 0 aliphatic heterocycles. The molecule has 0 saturated carbocycles. The van der Waals surface area contributed by atoms with Crippen molar-refractivity contribution in [2.75, 3.05) is 0 Å². The lowest BCUT2D eigenvalue weighted by Crippen LogP contribution is -1.98. The quantitative estimate of drug-likeness (QED) is 0.795. The molecule has 0 atom stereocenters. The maximum Gasteiger partial charge on any atom is 0.307 e. The molecule has 2 heterocycles. The van der Waals surface area contributed by atoms with Gasteiger partial charge in [-0.05, 0) is 17.7 Å². The highest BCUT2D eigenvalue weighted by atomic mass is 35.5. The zero-order valence-corrected chi connectivity index (χ0v) is 8.04. The van der Waals surface area contributed by atoms with Crippen LogP contribution in [0.5, 0.6) is 0 Å². The SMILES string of the molecule is Cl.O=C(O)Cc1c[nH]c2ncccc12. The monoisotopic (exact) mass is 212 g/mol. The van der Waals surface area contributed by atoms with Gasteiger partial charge in [0.1, 0.15) is 5.65 Å². The molecule has 0 unspecified atom stereocenters. The van der Waals surface area contributed by atoms with Gasteiger partial charge in [0.15, 0.2) is 0 Å². The Morgan fingerprint density at radius 1 is 1.57 bits per heavy atom. The average molecular weight is 213 g/mol. The summed E-state index contributed by atoms with van der Waals surface area (Å²) in [7, 11) is 0. The van der Waals surface area contributed by atoms with Crippen LogP contribution in [0.15, 0.2) is 24.5 Å². The second-order valence-corrected chi connectivity index (χ2v) is 2.78. The number of carbonyl (C=O) groups is 1. The summed E-state index contributed by atoms with van der Waals surface area (Å²) >= 11 is 0. The lowest BCUT2D eigenvalue weighted by atomic mass is 10.2. The van der Waals surface area contributed by atoms with Crippen molar-refractivity contribution in [3.05, 3.63) is 30.1 Å². The lowest BCUT2D eigenvalue weighted by Gasteiger charge is -1.92. The van der Waals surface area contributed by atoms with E-state index in [9.17, 15) is 4.79 Å². The Morgan fingerprint density at radius 3 is 3.07 bits per heavy atom. The van der Waals surface area contributed by atoms with Crippen LogP contribution in [-0.4, -0.2) is 21.0 Å². The number of nitrogens with zero attached hydrogens (tertiary/aromatic N) is 1. The molecular weight excluding hydrogens is 204 g/mol. The van der Waals surface area contributed by atoms with E-state index in [1.165, 1.54) is 0 Å². The van der Waals surface area contributed by atoms with E-state index >= 15 is 0 Å². The molecule has 14 heavy (non-hydrogen) atoms. The standard InChI is InChI=1S/C9H8N2O2.ClH/c12-8(13)4-6-5-11-9-7(6)2-1-3-10-9;/h1-3,5H,4H2,(H,10,11)(H,12,13);1H. The number of H-pyrrole nitrogens is 1. The summed E-state index contributed by atoms with van der Waals surface area (Å²) in [4.78, 5) is 17.5. The van der Waals surface area contributed by atoms with Gasteiger partial charge in [0, 0.05) is 17.8 Å². The third kappa shape index (κ3) is 1.85. The third-order valence-electron chi connectivity index (χ3n) is 1.88. The van der Waals surface area contributed by atoms with Crippen LogP contribution in [0.2, 0.25) is 0 Å². The van der Waals surface area contributed by atoms with Gasteiger partial charge >= 0.3 is 5.97 Å². The molecule has 2 aromatic heterocycles. The number of aromatic amines is 1. The van der Waals surface area contributed by atoms with Crippen molar-refractivity contribution < 1.29 is 9.90 Å². The summed E-state index contributed by atoms with van der Waals surface area (Å²) < 4.78 is 0. The zero-order valence-electron chi connectivity index (χ0n) is 7.23. The average Bonchev–Trinajstić information content (AvgIpc) is 2.48. The van der Waals surface area contributed by atoms with Crippen molar-refractivity contribution in [2.45, 2.75) is 6.42 Å². The molecule has 74 valence electrons. The van der Waals surface area contributed by atoms with Crippen LogP contribution in [0.1, 0.15) is 5.56 Å². The first-order valence-corrected chi connectivity index (χ1v) is 3.90. The number of carboxylic acid groups (broad SMARTS) is 1. The first-order chi connectivity index (χ1) is 6.27. The molecule has 0 aliphatic rings. The highest BCUT2D eigenvalue weighted by Crippen LogP contribution is 2.15. The fourth-order valence-electron chi connectivity index (χ4n) is 1.32. The topological polar surface area (TPSA) is 66.0 Å². The van der Waals surface area contributed by atoms with Gasteiger partial charge in [-0.25, -0.2) is 4.98 Å². The first-order valence-electron chi connectivity index (χ1n) is 3.90. The van der Waals surface area contributed by atoms with Gasteiger partial charge in [-0.3, -0.25) is 4.79 Å². The number of aromatic nitrogens is 2. The number of nitrogens with one attached hydrogen (secondary N) is 1. The number of halogens is 1. The molecule has 0 spiro atoms. The van der Waals surface area contributed by atoms with Crippen molar-refractivity contribution in [1.82, 2.24) is 9.97 Å². The van der Waals surface area contributed by atoms with E-state index in [0.717, 1.165) is 16.6 Å². The Balaban J connectivity index is 0.000000980. The number of hydrogen-bond acceptors (Lipinski definition) is 2. The largest absolute Gasteiger partial charge is 0.481 e. The van der Waals surface area contributed by atoms with Gasteiger partial charge in [-0.2, -0.15) is 0 Å². The normalized spacial score (nSPS) is 9.71. The highest BCUT2D eigenvalue weighted by Gasteiger charge is 2.06. The van der Waals surface area contributed by atoms with E-state index in [1.807, 2.05) is 6.07 Å². The summed E-state index contributed by atoms with van der Waals surface area (Å²) in [5, 5.41) is 9.49. The minimum atomic E-state index is -0.829. The highest BCUT2D eigenvalue weighted by molar-refractivity contribution is 5.85. The van der Waals surface area contributed by atoms with Gasteiger partial charge in [0.25, 0.3) is 0 Å². The van der Waals surface area contributed by atoms with Crippen LogP contribution < -0.4 is 0 Å². The molecule has 0 fully saturated rings. The Kier molecular flexibility index (Phi) is 3.09. The predicted octanol–water partition coefficient (Wildman–Crippen LogP) is 1.61. The van der Waals surface area contributed by atoms with Crippen LogP contribution in [0.25, 0.3) is 11.0 Å². The van der Waals surface area contributed by atoms with E-state index in [-0.39, 0.29) is 18.8 Å². The fraction of sp³-hybridized carbons (Fsp3) is 0.111. The Morgan fingerprint density at radius 2 is 2.36 bits per heavy atom. The Bertz CT molecular complexity index is 453. The van der Waals surface area contributed by atoms with Crippen LogP contribution in [0.4, 0.5) is 0 Å². The van der Waals surface area contributed by atoms with Gasteiger partial charge in [-0.1, -0.05) is 0 Å². The molecule has 2 rings (SSSR count). The molecule has 0 radical (unpaired) electrons. The number of aliphatic carboxylic acids is 1. The number of carboxylic acids is 1. The van der Waals surface area contributed by atoms with Gasteiger partial charge in [-0.15, -0.1) is 12.4 Å². The van der Waals surface area contributed by atoms with E-state index in [1.54, 1.807) is 18.5 Å². The molecule has 4 nitrogen and oxygen atoms in total. The minimum Gasteiger partial charge on any atom is -0.481 e. The predicted molar refractivity (Wildman–Crippen MR) is 54.7 cm³/mol. The molecule has 0 aliphatic carbocycles. The smallest absolute Gasteiger partial charge is 0.307 e. The second-order valence-electron chi connectivity index (χ2n) is 2.78. The second kappa shape index (κ2) is 4.11. The number of pyridine rings is 1. The van der Waals surface area contributed by atoms with Crippen LogP contribution in [0.3, 0.4) is 0 Å². The van der Waals surface area contributed by atoms with E-state index in [2.05, 4.69) is 9.97 Å². The number of fused-ring (bicyclic) bond motifs is 1. The molecule has 0 bridgehead atoms. The van der Waals surface area contributed by atoms with Crippen LogP contribution >= 0.6 is 12.4 Å². The molecule has 0 saturated heterocycles. The van der Waals surface area contributed by atoms with Crippen molar-refractivity contribution >= 4 is 29.4 Å². The zero-order chi connectivity index (χ0) is 9.26. The first kappa shape index (κ1) is 10.5. The molecule has 5 heteroatoms. The van der Waals surface area contributed by atoms with Gasteiger partial charge in [0.05, 0.1) is 6.42 Å². The van der Waals surface area contributed by atoms with Crippen molar-refractivity contribution in [2.24, 2.45) is 0 Å². The molecule has 2 aromatic rings. The minimum absolute atomic E-state index is 0. The Hall–Kier alpha value is -1.55. The van der Waals surface area contributed by atoms with Crippen molar-refractivity contribution in [3.8, 4) is 0 Å². The Labute approximate surface area is 86.4 Å². The molecule has 2 N–H and O–H groups in total. The van der Waals surface area contributed by atoms with Crippen molar-refractivity contribution in [3.63, 3.8) is 0 Å². The van der Waals surface area contributed by atoms with E-state index < -0.39 is 5.97 Å². The van der Waals surface area contributed by atoms with Crippen LogP contribution in [0, 0.1) is 0 Å². The lowest BCUT2D eigenvalue weighted by molar-refractivity contribution is -0.136. The maximum atomic E-state index is 10.5. The fourth-order valence-corrected chi connectivity index (χ4v) is 1.32. The summed E-state index contributed by atoms with van der Waals surface area (Å²) in [5.74, 6) is -0.829. The molecular formula is C9H9ClN2O2. The molecule has 0 amide bonds. The summed E-state index contributed by atoms with van der Waals surface area (Å²) in [5.41, 5.74) is 1.51. The summed E-state index contributed by atoms with van der Waals surface area (Å²) in [6.45, 7) is 0. The van der Waals surface area contributed by atoms with E-state index in [4.69, 9.17) is 5.11 Å². The maximum absolute atomic E-state index is 10.5. The van der Waals surface area contributed by atoms with Gasteiger partial charge < -0.3 is 10.1 Å². The summed E-state index contributed by atoms with van der Waals surface area (Å²) in [6.07, 6.45) is 3.39. The van der Waals surface area contributed by atoms with Gasteiger partial charge in [0.2, 0.25) is 0 Å². The third-order valence-corrected chi connectivity index (χ3v) is 1.88.